The molecule has 2 aromatic carbocycles. The largest absolute Gasteiger partial charge is 0.497 e. The first-order valence-corrected chi connectivity index (χ1v) is 6.49. The topological polar surface area (TPSA) is 21.3 Å². The second kappa shape index (κ2) is 6.63. The van der Waals surface area contributed by atoms with E-state index in [0.29, 0.717) is 18.7 Å². The van der Waals surface area contributed by atoms with Crippen LogP contribution in [0.2, 0.25) is 0 Å². The maximum absolute atomic E-state index is 12.6. The first-order valence-electron chi connectivity index (χ1n) is 6.49. The molecule has 0 aliphatic heterocycles. The Bertz CT molecular complexity index is 596. The molecule has 0 bridgehead atoms. The molecule has 0 heterocycles. The maximum Gasteiger partial charge on any atom is 0.416 e. The molecular formula is C16H16F3NO. The summed E-state index contributed by atoms with van der Waals surface area (Å²) in [5, 5.41) is 3.13. The molecule has 0 radical (unpaired) electrons. The van der Waals surface area contributed by atoms with Gasteiger partial charge in [0.05, 0.1) is 12.7 Å². The first-order chi connectivity index (χ1) is 9.99. The third-order valence-electron chi connectivity index (χ3n) is 3.05. The van der Waals surface area contributed by atoms with Crippen molar-refractivity contribution in [3.8, 4) is 5.75 Å². The Hall–Kier alpha value is -2.01. The van der Waals surface area contributed by atoms with Crippen molar-refractivity contribution < 1.29 is 17.9 Å². The summed E-state index contributed by atoms with van der Waals surface area (Å²) in [6.07, 6.45) is -4.30. The highest BCUT2D eigenvalue weighted by Crippen LogP contribution is 2.29. The van der Waals surface area contributed by atoms with Crippen LogP contribution in [0.1, 0.15) is 16.7 Å². The highest BCUT2D eigenvalue weighted by Gasteiger charge is 2.30. The van der Waals surface area contributed by atoms with Crippen LogP contribution >= 0.6 is 0 Å². The zero-order chi connectivity index (χ0) is 15.3. The van der Waals surface area contributed by atoms with Gasteiger partial charge in [0.15, 0.2) is 0 Å². The number of rotatable bonds is 5. The normalized spacial score (nSPS) is 11.4. The summed E-state index contributed by atoms with van der Waals surface area (Å²) in [6, 6.07) is 12.9. The van der Waals surface area contributed by atoms with Crippen molar-refractivity contribution in [3.63, 3.8) is 0 Å². The Balaban J connectivity index is 1.94. The maximum atomic E-state index is 12.6. The number of ether oxygens (including phenoxy) is 1. The van der Waals surface area contributed by atoms with E-state index in [2.05, 4.69) is 5.32 Å². The molecule has 0 unspecified atom stereocenters. The van der Waals surface area contributed by atoms with Crippen LogP contribution in [0.3, 0.4) is 0 Å². The molecule has 112 valence electrons. The number of methoxy groups -OCH3 is 1. The molecule has 0 atom stereocenters. The zero-order valence-electron chi connectivity index (χ0n) is 11.6. The van der Waals surface area contributed by atoms with Gasteiger partial charge in [0.2, 0.25) is 0 Å². The first kappa shape index (κ1) is 15.4. The summed E-state index contributed by atoms with van der Waals surface area (Å²) < 4.78 is 42.9. The van der Waals surface area contributed by atoms with Crippen molar-refractivity contribution in [2.45, 2.75) is 19.3 Å². The summed E-state index contributed by atoms with van der Waals surface area (Å²) in [4.78, 5) is 0. The van der Waals surface area contributed by atoms with Gasteiger partial charge in [0, 0.05) is 13.1 Å². The van der Waals surface area contributed by atoms with E-state index in [1.807, 2.05) is 24.3 Å². The van der Waals surface area contributed by atoms with E-state index in [-0.39, 0.29) is 0 Å². The number of halogens is 3. The molecule has 0 saturated heterocycles. The van der Waals surface area contributed by atoms with Crippen molar-refractivity contribution >= 4 is 0 Å². The standard InChI is InChI=1S/C16H16F3NO/c1-21-15-7-3-5-13(9-15)11-20-10-12-4-2-6-14(8-12)16(17,18)19/h2-9,20H,10-11H2,1H3. The summed E-state index contributed by atoms with van der Waals surface area (Å²) in [7, 11) is 1.59. The van der Waals surface area contributed by atoms with Crippen LogP contribution in [0.4, 0.5) is 13.2 Å². The van der Waals surface area contributed by atoms with Gasteiger partial charge in [-0.2, -0.15) is 13.2 Å². The molecule has 0 amide bonds. The lowest BCUT2D eigenvalue weighted by Gasteiger charge is -2.10. The van der Waals surface area contributed by atoms with E-state index < -0.39 is 11.7 Å². The van der Waals surface area contributed by atoms with Crippen molar-refractivity contribution in [2.75, 3.05) is 7.11 Å². The van der Waals surface area contributed by atoms with Crippen LogP contribution in [0, 0.1) is 0 Å². The van der Waals surface area contributed by atoms with E-state index >= 15 is 0 Å². The number of nitrogens with one attached hydrogen (secondary N) is 1. The monoisotopic (exact) mass is 295 g/mol. The third kappa shape index (κ3) is 4.49. The smallest absolute Gasteiger partial charge is 0.416 e. The van der Waals surface area contributed by atoms with Crippen molar-refractivity contribution in [2.24, 2.45) is 0 Å². The molecule has 0 aromatic heterocycles. The van der Waals surface area contributed by atoms with E-state index in [0.717, 1.165) is 17.4 Å². The molecule has 0 aliphatic carbocycles. The lowest BCUT2D eigenvalue weighted by molar-refractivity contribution is -0.137. The fourth-order valence-corrected chi connectivity index (χ4v) is 1.99. The van der Waals surface area contributed by atoms with Crippen LogP contribution in [-0.4, -0.2) is 7.11 Å². The SMILES string of the molecule is COc1cccc(CNCc2cccc(C(F)(F)F)c2)c1. The number of hydrogen-bond donors (Lipinski definition) is 1. The van der Waals surface area contributed by atoms with Gasteiger partial charge in [-0.15, -0.1) is 0 Å². The predicted molar refractivity (Wildman–Crippen MR) is 75.0 cm³/mol. The minimum atomic E-state index is -4.30. The van der Waals surface area contributed by atoms with Crippen LogP contribution in [-0.2, 0) is 19.3 Å². The van der Waals surface area contributed by atoms with Gasteiger partial charge in [-0.3, -0.25) is 0 Å². The lowest BCUT2D eigenvalue weighted by Crippen LogP contribution is -2.13. The van der Waals surface area contributed by atoms with Crippen LogP contribution < -0.4 is 10.1 Å². The fraction of sp³-hybridized carbons (Fsp3) is 0.250. The highest BCUT2D eigenvalue weighted by atomic mass is 19.4. The van der Waals surface area contributed by atoms with Crippen LogP contribution in [0.15, 0.2) is 48.5 Å². The van der Waals surface area contributed by atoms with E-state index in [1.54, 1.807) is 13.2 Å². The van der Waals surface area contributed by atoms with Gasteiger partial charge in [-0.25, -0.2) is 0 Å². The molecular weight excluding hydrogens is 279 g/mol. The number of benzene rings is 2. The van der Waals surface area contributed by atoms with Gasteiger partial charge in [-0.05, 0) is 29.3 Å². The second-order valence-corrected chi connectivity index (χ2v) is 4.65. The second-order valence-electron chi connectivity index (χ2n) is 4.65. The third-order valence-corrected chi connectivity index (χ3v) is 3.05. The summed E-state index contributed by atoms with van der Waals surface area (Å²) in [6.45, 7) is 0.939. The quantitative estimate of drug-likeness (QED) is 0.900. The number of hydrogen-bond acceptors (Lipinski definition) is 2. The van der Waals surface area contributed by atoms with Gasteiger partial charge < -0.3 is 10.1 Å². The van der Waals surface area contributed by atoms with E-state index in [4.69, 9.17) is 4.74 Å². The molecule has 5 heteroatoms. The summed E-state index contributed by atoms with van der Waals surface area (Å²) >= 11 is 0. The Morgan fingerprint density at radius 3 is 2.19 bits per heavy atom. The molecule has 0 saturated carbocycles. The average Bonchev–Trinajstić information content (AvgIpc) is 2.47. The number of alkyl halides is 3. The molecule has 2 aromatic rings. The van der Waals surface area contributed by atoms with Gasteiger partial charge >= 0.3 is 6.18 Å². The van der Waals surface area contributed by atoms with Gasteiger partial charge in [0.25, 0.3) is 0 Å². The summed E-state index contributed by atoms with van der Waals surface area (Å²) in [5.74, 6) is 0.758. The van der Waals surface area contributed by atoms with Gasteiger partial charge in [0.1, 0.15) is 5.75 Å². The predicted octanol–water partition coefficient (Wildman–Crippen LogP) is 4.00. The highest BCUT2D eigenvalue weighted by molar-refractivity contribution is 5.29. The Morgan fingerprint density at radius 1 is 0.952 bits per heavy atom. The van der Waals surface area contributed by atoms with Crippen LogP contribution in [0.25, 0.3) is 0 Å². The van der Waals surface area contributed by atoms with Crippen molar-refractivity contribution in [1.82, 2.24) is 5.32 Å². The van der Waals surface area contributed by atoms with Crippen LogP contribution in [0.5, 0.6) is 5.75 Å². The zero-order valence-corrected chi connectivity index (χ0v) is 11.6. The van der Waals surface area contributed by atoms with Gasteiger partial charge in [-0.1, -0.05) is 30.3 Å². The molecule has 0 fully saturated rings. The Kier molecular flexibility index (Phi) is 4.85. The molecule has 0 aliphatic rings. The molecule has 21 heavy (non-hydrogen) atoms. The minimum Gasteiger partial charge on any atom is -0.497 e. The van der Waals surface area contributed by atoms with E-state index in [9.17, 15) is 13.2 Å². The van der Waals surface area contributed by atoms with Crippen molar-refractivity contribution in [1.29, 1.82) is 0 Å². The lowest BCUT2D eigenvalue weighted by atomic mass is 10.1. The molecule has 0 spiro atoms. The Morgan fingerprint density at radius 2 is 1.57 bits per heavy atom. The molecule has 1 N–H and O–H groups in total. The van der Waals surface area contributed by atoms with Crippen molar-refractivity contribution in [3.05, 3.63) is 65.2 Å². The summed E-state index contributed by atoms with van der Waals surface area (Å²) in [5.41, 5.74) is 0.997. The average molecular weight is 295 g/mol. The fourth-order valence-electron chi connectivity index (χ4n) is 1.99. The van der Waals surface area contributed by atoms with E-state index in [1.165, 1.54) is 12.1 Å². The Labute approximate surface area is 121 Å². The molecule has 2 nitrogen and oxygen atoms in total. The minimum absolute atomic E-state index is 0.376. The molecule has 2 rings (SSSR count).